The van der Waals surface area contributed by atoms with Crippen LogP contribution in [0.2, 0.25) is 15.1 Å². The van der Waals surface area contributed by atoms with Crippen molar-refractivity contribution in [1.29, 1.82) is 0 Å². The molecule has 0 fully saturated rings. The lowest BCUT2D eigenvalue weighted by atomic mass is 9.82. The summed E-state index contributed by atoms with van der Waals surface area (Å²) in [7, 11) is 0. The Labute approximate surface area is 247 Å². The van der Waals surface area contributed by atoms with Crippen molar-refractivity contribution in [2.75, 3.05) is 16.9 Å². The molecule has 40 heavy (non-hydrogen) atoms. The van der Waals surface area contributed by atoms with Crippen LogP contribution in [0, 0.1) is 0 Å². The van der Waals surface area contributed by atoms with Gasteiger partial charge in [-0.3, -0.25) is 14.4 Å². The van der Waals surface area contributed by atoms with Crippen LogP contribution in [0.5, 0.6) is 5.75 Å². The molecule has 208 valence electrons. The van der Waals surface area contributed by atoms with Crippen LogP contribution < -0.4 is 20.4 Å². The number of anilines is 2. The lowest BCUT2D eigenvalue weighted by Crippen LogP contribution is -2.29. The van der Waals surface area contributed by atoms with Crippen LogP contribution in [0.4, 0.5) is 11.4 Å². The largest absolute Gasteiger partial charge is 0.484 e. The highest BCUT2D eigenvalue weighted by molar-refractivity contribution is 6.42. The highest BCUT2D eigenvalue weighted by atomic mass is 35.5. The molecule has 0 aliphatic carbocycles. The standard InChI is InChI=1S/C29H27Cl3N4O4/c1-4-29(2,3)18-8-10-21(11-9-18)40-16-25(37)33-20-7-5-6-17(12-20)28(39)34-24-15-26(38)36(35-24)27-22(31)13-19(30)14-23(27)32/h5-14H,4,15-16H2,1-3H3,(H,33,37)(H,34,35,39). The third kappa shape index (κ3) is 6.94. The van der Waals surface area contributed by atoms with Crippen LogP contribution in [0.3, 0.4) is 0 Å². The predicted octanol–water partition coefficient (Wildman–Crippen LogP) is 6.83. The molecule has 11 heteroatoms. The Morgan fingerprint density at radius 1 is 1.00 bits per heavy atom. The number of ether oxygens (including phenoxy) is 1. The Bertz CT molecular complexity index is 1470. The van der Waals surface area contributed by atoms with E-state index in [0.29, 0.717) is 16.5 Å². The van der Waals surface area contributed by atoms with Crippen molar-refractivity contribution in [3.8, 4) is 5.75 Å². The van der Waals surface area contributed by atoms with Gasteiger partial charge in [0.25, 0.3) is 17.7 Å². The van der Waals surface area contributed by atoms with Crippen LogP contribution in [0.1, 0.15) is 49.5 Å². The van der Waals surface area contributed by atoms with Crippen molar-refractivity contribution in [3.63, 3.8) is 0 Å². The minimum atomic E-state index is -0.510. The first-order valence-electron chi connectivity index (χ1n) is 12.5. The number of carbonyl (C=O) groups is 3. The van der Waals surface area contributed by atoms with E-state index in [9.17, 15) is 14.4 Å². The molecule has 1 aliphatic heterocycles. The zero-order valence-electron chi connectivity index (χ0n) is 22.1. The fraction of sp³-hybridized carbons (Fsp3) is 0.241. The molecule has 0 unspecified atom stereocenters. The molecule has 0 saturated carbocycles. The Kier molecular flexibility index (Phi) is 9.03. The molecule has 0 radical (unpaired) electrons. The summed E-state index contributed by atoms with van der Waals surface area (Å²) in [5, 5.41) is 11.2. The van der Waals surface area contributed by atoms with E-state index in [4.69, 9.17) is 39.5 Å². The molecule has 0 aromatic heterocycles. The average Bonchev–Trinajstić information content (AvgIpc) is 3.26. The highest BCUT2D eigenvalue weighted by Crippen LogP contribution is 2.38. The second kappa shape index (κ2) is 12.3. The zero-order valence-corrected chi connectivity index (χ0v) is 24.3. The molecule has 1 aliphatic rings. The molecule has 3 amide bonds. The number of hydrazone groups is 1. The van der Waals surface area contributed by atoms with E-state index in [1.807, 2.05) is 24.3 Å². The van der Waals surface area contributed by atoms with E-state index in [1.54, 1.807) is 18.2 Å². The van der Waals surface area contributed by atoms with Gasteiger partial charge < -0.3 is 15.4 Å². The van der Waals surface area contributed by atoms with Crippen LogP contribution in [-0.2, 0) is 15.0 Å². The normalized spacial score (nSPS) is 13.2. The SMILES string of the molecule is CCC(C)(C)c1ccc(OCC(=O)Nc2cccc(C(=O)NC3=NN(c4c(Cl)cc(Cl)cc4Cl)C(=O)C3)c2)cc1. The molecule has 2 N–H and O–H groups in total. The van der Waals surface area contributed by atoms with E-state index in [2.05, 4.69) is 36.5 Å². The summed E-state index contributed by atoms with van der Waals surface area (Å²) in [5.74, 6) is -0.613. The topological polar surface area (TPSA) is 100 Å². The van der Waals surface area contributed by atoms with Crippen LogP contribution in [0.25, 0.3) is 0 Å². The Hall–Kier alpha value is -3.59. The number of halogens is 3. The van der Waals surface area contributed by atoms with Gasteiger partial charge in [0.2, 0.25) is 0 Å². The van der Waals surface area contributed by atoms with E-state index in [1.165, 1.54) is 23.8 Å². The molecular weight excluding hydrogens is 575 g/mol. The minimum Gasteiger partial charge on any atom is -0.484 e. The fourth-order valence-corrected chi connectivity index (χ4v) is 4.88. The first-order valence-corrected chi connectivity index (χ1v) is 13.6. The van der Waals surface area contributed by atoms with E-state index in [0.717, 1.165) is 11.4 Å². The van der Waals surface area contributed by atoms with E-state index < -0.39 is 11.8 Å². The number of carbonyl (C=O) groups excluding carboxylic acids is 3. The maximum absolute atomic E-state index is 12.9. The Morgan fingerprint density at radius 2 is 1.68 bits per heavy atom. The third-order valence-electron chi connectivity index (χ3n) is 6.53. The lowest BCUT2D eigenvalue weighted by Gasteiger charge is -2.23. The van der Waals surface area contributed by atoms with Crippen molar-refractivity contribution in [2.45, 2.75) is 39.0 Å². The van der Waals surface area contributed by atoms with Crippen molar-refractivity contribution < 1.29 is 19.1 Å². The van der Waals surface area contributed by atoms with Crippen molar-refractivity contribution in [3.05, 3.63) is 86.9 Å². The summed E-state index contributed by atoms with van der Waals surface area (Å²) in [6.45, 7) is 6.29. The third-order valence-corrected chi connectivity index (χ3v) is 7.32. The number of rotatable bonds is 8. The number of hydrogen-bond donors (Lipinski definition) is 2. The first kappa shape index (κ1) is 29.4. The minimum absolute atomic E-state index is 0.0601. The second-order valence-electron chi connectivity index (χ2n) is 9.78. The van der Waals surface area contributed by atoms with Crippen LogP contribution in [0.15, 0.2) is 65.8 Å². The molecule has 3 aromatic rings. The summed E-state index contributed by atoms with van der Waals surface area (Å²) < 4.78 is 5.62. The first-order chi connectivity index (χ1) is 19.0. The monoisotopic (exact) mass is 600 g/mol. The number of nitrogens with one attached hydrogen (secondary N) is 2. The number of amides is 3. The Balaban J connectivity index is 1.36. The summed E-state index contributed by atoms with van der Waals surface area (Å²) in [5.41, 5.74) is 2.09. The maximum Gasteiger partial charge on any atom is 0.262 e. The molecule has 0 atom stereocenters. The molecule has 3 aromatic carbocycles. The number of nitrogens with zero attached hydrogens (tertiary/aromatic N) is 2. The molecule has 8 nitrogen and oxygen atoms in total. The van der Waals surface area contributed by atoms with Gasteiger partial charge in [0.1, 0.15) is 17.3 Å². The molecule has 0 bridgehead atoms. The van der Waals surface area contributed by atoms with Crippen molar-refractivity contribution >= 4 is 69.7 Å². The fourth-order valence-electron chi connectivity index (χ4n) is 3.90. The molecule has 0 saturated heterocycles. The number of hydrogen-bond acceptors (Lipinski definition) is 5. The summed E-state index contributed by atoms with van der Waals surface area (Å²) in [4.78, 5) is 37.9. The highest BCUT2D eigenvalue weighted by Gasteiger charge is 2.30. The Morgan fingerprint density at radius 3 is 2.33 bits per heavy atom. The number of amidine groups is 1. The quantitative estimate of drug-likeness (QED) is 0.295. The second-order valence-corrected chi connectivity index (χ2v) is 11.0. The zero-order chi connectivity index (χ0) is 29.0. The summed E-state index contributed by atoms with van der Waals surface area (Å²) >= 11 is 18.4. The van der Waals surface area contributed by atoms with Gasteiger partial charge in [0.15, 0.2) is 6.61 Å². The smallest absolute Gasteiger partial charge is 0.262 e. The van der Waals surface area contributed by atoms with Gasteiger partial charge in [-0.1, -0.05) is 73.8 Å². The molecule has 4 rings (SSSR count). The van der Waals surface area contributed by atoms with Crippen molar-refractivity contribution in [1.82, 2.24) is 5.32 Å². The van der Waals surface area contributed by atoms with Gasteiger partial charge in [-0.15, -0.1) is 0 Å². The summed E-state index contributed by atoms with van der Waals surface area (Å²) in [6, 6.07) is 16.9. The molecule has 0 spiro atoms. The van der Waals surface area contributed by atoms with Gasteiger partial charge in [0, 0.05) is 16.3 Å². The van der Waals surface area contributed by atoms with Gasteiger partial charge in [0.05, 0.1) is 16.5 Å². The van der Waals surface area contributed by atoms with Gasteiger partial charge >= 0.3 is 0 Å². The maximum atomic E-state index is 12.9. The van der Waals surface area contributed by atoms with Crippen LogP contribution >= 0.6 is 34.8 Å². The average molecular weight is 602 g/mol. The van der Waals surface area contributed by atoms with Gasteiger partial charge in [-0.05, 0) is 59.9 Å². The summed E-state index contributed by atoms with van der Waals surface area (Å²) in [6.07, 6.45) is 0.843. The van der Waals surface area contributed by atoms with Gasteiger partial charge in [-0.25, -0.2) is 0 Å². The van der Waals surface area contributed by atoms with Gasteiger partial charge in [-0.2, -0.15) is 10.1 Å². The number of benzene rings is 3. The molecular formula is C29H27Cl3N4O4. The van der Waals surface area contributed by atoms with Crippen molar-refractivity contribution in [2.24, 2.45) is 5.10 Å². The van der Waals surface area contributed by atoms with E-state index in [-0.39, 0.29) is 51.5 Å². The van der Waals surface area contributed by atoms with Crippen LogP contribution in [-0.4, -0.2) is 30.2 Å². The van der Waals surface area contributed by atoms with E-state index >= 15 is 0 Å². The molecule has 1 heterocycles. The predicted molar refractivity (Wildman–Crippen MR) is 159 cm³/mol. The lowest BCUT2D eigenvalue weighted by molar-refractivity contribution is -0.118.